The maximum atomic E-state index is 13.9. The highest BCUT2D eigenvalue weighted by Crippen LogP contribution is 2.25. The van der Waals surface area contributed by atoms with Gasteiger partial charge in [0, 0.05) is 41.8 Å². The second kappa shape index (κ2) is 10.2. The number of guanidine groups is 1. The number of ether oxygens (including phenoxy) is 2. The van der Waals surface area contributed by atoms with E-state index in [0.29, 0.717) is 29.3 Å². The molecule has 0 aliphatic rings. The van der Waals surface area contributed by atoms with Gasteiger partial charge in [0.25, 0.3) is 5.91 Å². The van der Waals surface area contributed by atoms with Gasteiger partial charge >= 0.3 is 0 Å². The molecule has 2 aromatic carbocycles. The third kappa shape index (κ3) is 6.02. The summed E-state index contributed by atoms with van der Waals surface area (Å²) in [5.41, 5.74) is 2.16. The van der Waals surface area contributed by atoms with E-state index in [0.717, 1.165) is 5.56 Å². The first-order chi connectivity index (χ1) is 15.0. The first kappa shape index (κ1) is 21.8. The maximum absolute atomic E-state index is 13.9. The largest absolute Gasteiger partial charge is 0.497 e. The highest BCUT2D eigenvalue weighted by Gasteiger charge is 2.12. The minimum atomic E-state index is -0.491. The number of aryl methyl sites for hydroxylation is 1. The van der Waals surface area contributed by atoms with Crippen molar-refractivity contribution in [2.75, 3.05) is 19.5 Å². The number of amides is 1. The van der Waals surface area contributed by atoms with Crippen LogP contribution < -0.4 is 20.1 Å². The molecule has 8 heteroatoms. The van der Waals surface area contributed by atoms with Gasteiger partial charge < -0.3 is 14.8 Å². The number of anilines is 1. The third-order valence-electron chi connectivity index (χ3n) is 4.45. The monoisotopic (exact) mass is 422 g/mol. The molecule has 0 saturated heterocycles. The molecule has 1 aromatic heterocycles. The van der Waals surface area contributed by atoms with Crippen LogP contribution in [-0.2, 0) is 6.54 Å². The Hall–Kier alpha value is -3.94. The Kier molecular flexibility index (Phi) is 7.16. The molecule has 0 bridgehead atoms. The molecule has 0 saturated carbocycles. The van der Waals surface area contributed by atoms with E-state index >= 15 is 0 Å². The quantitative estimate of drug-likeness (QED) is 0.464. The molecule has 0 aliphatic carbocycles. The lowest BCUT2D eigenvalue weighted by atomic mass is 10.1. The minimum Gasteiger partial charge on any atom is -0.497 e. The topological polar surface area (TPSA) is 84.8 Å². The van der Waals surface area contributed by atoms with Crippen LogP contribution in [0.25, 0.3) is 0 Å². The molecule has 0 atom stereocenters. The number of hydrogen-bond donors (Lipinski definition) is 2. The van der Waals surface area contributed by atoms with Crippen molar-refractivity contribution in [3.05, 3.63) is 83.4 Å². The van der Waals surface area contributed by atoms with Gasteiger partial charge in [-0.15, -0.1) is 0 Å². The van der Waals surface area contributed by atoms with Crippen LogP contribution in [-0.4, -0.2) is 31.1 Å². The lowest BCUT2D eigenvalue weighted by Crippen LogP contribution is -2.36. The fraction of sp³-hybridized carbons (Fsp3) is 0.174. The molecule has 7 nitrogen and oxygen atoms in total. The number of benzene rings is 2. The predicted molar refractivity (Wildman–Crippen MR) is 117 cm³/mol. The van der Waals surface area contributed by atoms with Crippen molar-refractivity contribution in [3.63, 3.8) is 0 Å². The predicted octanol–water partition coefficient (Wildman–Crippen LogP) is 3.94. The van der Waals surface area contributed by atoms with Crippen LogP contribution in [0.15, 0.2) is 65.9 Å². The van der Waals surface area contributed by atoms with Crippen molar-refractivity contribution in [1.29, 1.82) is 0 Å². The Morgan fingerprint density at radius 2 is 1.71 bits per heavy atom. The molecule has 1 heterocycles. The lowest BCUT2D eigenvalue weighted by Gasteiger charge is -2.14. The zero-order valence-electron chi connectivity index (χ0n) is 17.5. The van der Waals surface area contributed by atoms with Crippen LogP contribution in [0.5, 0.6) is 11.5 Å². The number of rotatable bonds is 6. The summed E-state index contributed by atoms with van der Waals surface area (Å²) in [5, 5.41) is 5.78. The number of nitrogens with one attached hydrogen (secondary N) is 2. The number of pyridine rings is 1. The zero-order valence-corrected chi connectivity index (χ0v) is 17.5. The molecule has 0 radical (unpaired) electrons. The molecule has 3 rings (SSSR count). The second-order valence-electron chi connectivity index (χ2n) is 6.66. The van der Waals surface area contributed by atoms with Crippen LogP contribution in [0, 0.1) is 12.7 Å². The number of aliphatic imine (C=N–C) groups is 1. The van der Waals surface area contributed by atoms with Crippen LogP contribution in [0.4, 0.5) is 10.1 Å². The second-order valence-corrected chi connectivity index (χ2v) is 6.66. The van der Waals surface area contributed by atoms with Gasteiger partial charge in [0.2, 0.25) is 5.96 Å². The van der Waals surface area contributed by atoms with Gasteiger partial charge in [-0.2, -0.15) is 0 Å². The summed E-state index contributed by atoms with van der Waals surface area (Å²) in [5.74, 6) is 0.394. The third-order valence-corrected chi connectivity index (χ3v) is 4.45. The molecule has 3 aromatic rings. The zero-order chi connectivity index (χ0) is 22.2. The van der Waals surface area contributed by atoms with Crippen molar-refractivity contribution in [1.82, 2.24) is 10.3 Å². The fourth-order valence-electron chi connectivity index (χ4n) is 2.70. The molecule has 0 unspecified atom stereocenters. The first-order valence-electron chi connectivity index (χ1n) is 9.49. The van der Waals surface area contributed by atoms with Crippen LogP contribution >= 0.6 is 0 Å². The Labute approximate surface area is 180 Å². The number of hydrogen-bond acceptors (Lipinski definition) is 5. The summed E-state index contributed by atoms with van der Waals surface area (Å²) in [6.07, 6.45) is 3.33. The SMILES string of the molecule is COc1cc(NC(=NCc2ccncc2)NC(=O)c2ccc(C)c(F)c2)cc(OC)c1. The normalized spacial score (nSPS) is 11.0. The summed E-state index contributed by atoms with van der Waals surface area (Å²) in [6.45, 7) is 1.94. The molecule has 1 amide bonds. The van der Waals surface area contributed by atoms with E-state index in [9.17, 15) is 9.18 Å². The van der Waals surface area contributed by atoms with Gasteiger partial charge in [-0.05, 0) is 42.3 Å². The Morgan fingerprint density at radius 3 is 2.32 bits per heavy atom. The van der Waals surface area contributed by atoms with Crippen molar-refractivity contribution in [3.8, 4) is 11.5 Å². The Balaban J connectivity index is 1.87. The smallest absolute Gasteiger partial charge is 0.258 e. The fourth-order valence-corrected chi connectivity index (χ4v) is 2.70. The van der Waals surface area contributed by atoms with Crippen LogP contribution in [0.1, 0.15) is 21.5 Å². The van der Waals surface area contributed by atoms with E-state index in [-0.39, 0.29) is 11.5 Å². The molecule has 31 heavy (non-hydrogen) atoms. The van der Waals surface area contributed by atoms with E-state index < -0.39 is 11.7 Å². The highest BCUT2D eigenvalue weighted by atomic mass is 19.1. The summed E-state index contributed by atoms with van der Waals surface area (Å²) in [6, 6.07) is 13.2. The van der Waals surface area contributed by atoms with Crippen LogP contribution in [0.2, 0.25) is 0 Å². The number of nitrogens with zero attached hydrogens (tertiary/aromatic N) is 2. The van der Waals surface area contributed by atoms with E-state index in [2.05, 4.69) is 20.6 Å². The average molecular weight is 422 g/mol. The van der Waals surface area contributed by atoms with Gasteiger partial charge in [0.1, 0.15) is 17.3 Å². The van der Waals surface area contributed by atoms with E-state index in [4.69, 9.17) is 9.47 Å². The summed E-state index contributed by atoms with van der Waals surface area (Å²) in [7, 11) is 3.09. The average Bonchev–Trinajstić information content (AvgIpc) is 2.79. The first-order valence-corrected chi connectivity index (χ1v) is 9.49. The molecule has 2 N–H and O–H groups in total. The van der Waals surface area contributed by atoms with Crippen molar-refractivity contribution >= 4 is 17.6 Å². The molecular formula is C23H23FN4O3. The summed E-state index contributed by atoms with van der Waals surface area (Å²) < 4.78 is 24.5. The van der Waals surface area contributed by atoms with Gasteiger partial charge in [-0.3, -0.25) is 15.1 Å². The summed E-state index contributed by atoms with van der Waals surface area (Å²) >= 11 is 0. The van der Waals surface area contributed by atoms with E-state index in [1.54, 1.807) is 63.9 Å². The molecular weight excluding hydrogens is 399 g/mol. The van der Waals surface area contributed by atoms with Crippen molar-refractivity contribution in [2.24, 2.45) is 4.99 Å². The number of carbonyl (C=O) groups excluding carboxylic acids is 1. The van der Waals surface area contributed by atoms with E-state index in [1.807, 2.05) is 12.1 Å². The number of aromatic nitrogens is 1. The van der Waals surface area contributed by atoms with Gasteiger partial charge in [-0.25, -0.2) is 9.38 Å². The molecule has 0 fully saturated rings. The van der Waals surface area contributed by atoms with E-state index in [1.165, 1.54) is 6.07 Å². The lowest BCUT2D eigenvalue weighted by molar-refractivity contribution is 0.0976. The van der Waals surface area contributed by atoms with Crippen molar-refractivity contribution < 1.29 is 18.7 Å². The maximum Gasteiger partial charge on any atom is 0.258 e. The molecule has 0 spiro atoms. The number of carbonyl (C=O) groups is 1. The standard InChI is InChI=1S/C23H23FN4O3/c1-15-4-5-17(10-21(15)24)22(29)28-23(26-14-16-6-8-25-9-7-16)27-18-11-19(30-2)13-20(12-18)31-3/h4-13H,14H2,1-3H3,(H2,26,27,28,29). The highest BCUT2D eigenvalue weighted by molar-refractivity contribution is 6.10. The van der Waals surface area contributed by atoms with Crippen molar-refractivity contribution in [2.45, 2.75) is 13.5 Å². The van der Waals surface area contributed by atoms with Gasteiger partial charge in [0.15, 0.2) is 0 Å². The van der Waals surface area contributed by atoms with Crippen LogP contribution in [0.3, 0.4) is 0 Å². The van der Waals surface area contributed by atoms with Gasteiger partial charge in [-0.1, -0.05) is 6.07 Å². The summed E-state index contributed by atoms with van der Waals surface area (Å²) in [4.78, 5) is 21.2. The molecule has 0 aliphatic heterocycles. The van der Waals surface area contributed by atoms with Gasteiger partial charge in [0.05, 0.1) is 20.8 Å². The molecule has 160 valence electrons. The Bertz CT molecular complexity index is 1070. The minimum absolute atomic E-state index is 0.185. The number of halogens is 1. The number of methoxy groups -OCH3 is 2. The Morgan fingerprint density at radius 1 is 1.03 bits per heavy atom.